The summed E-state index contributed by atoms with van der Waals surface area (Å²) < 4.78 is 26.4. The number of carbonyl (C=O) groups is 1. The Morgan fingerprint density at radius 3 is 2.67 bits per heavy atom. The van der Waals surface area contributed by atoms with E-state index in [1.54, 1.807) is 38.5 Å². The van der Waals surface area contributed by atoms with Gasteiger partial charge in [0.05, 0.1) is 14.2 Å². The molecule has 7 heteroatoms. The van der Waals surface area contributed by atoms with E-state index in [2.05, 4.69) is 4.99 Å². The number of hydrogen-bond acceptors (Lipinski definition) is 7. The third kappa shape index (κ3) is 3.44. The first-order chi connectivity index (χ1) is 13.2. The van der Waals surface area contributed by atoms with E-state index >= 15 is 0 Å². The number of ether oxygens (including phenoxy) is 5. The van der Waals surface area contributed by atoms with Gasteiger partial charge in [-0.05, 0) is 41.5 Å². The van der Waals surface area contributed by atoms with Crippen molar-refractivity contribution in [2.24, 2.45) is 4.99 Å². The summed E-state index contributed by atoms with van der Waals surface area (Å²) in [6.07, 6.45) is 2.02. The van der Waals surface area contributed by atoms with E-state index in [0.29, 0.717) is 35.3 Å². The first-order valence-corrected chi connectivity index (χ1v) is 8.28. The Labute approximate surface area is 155 Å². The molecule has 2 aromatic carbocycles. The average molecular weight is 367 g/mol. The summed E-state index contributed by atoms with van der Waals surface area (Å²) >= 11 is 0. The summed E-state index contributed by atoms with van der Waals surface area (Å²) in [5, 5.41) is 0. The number of fused-ring (bicyclic) bond motifs is 1. The minimum Gasteiger partial charge on any atom is -0.493 e. The molecular formula is C20H17NO6. The average Bonchev–Trinajstić information content (AvgIpc) is 3.27. The van der Waals surface area contributed by atoms with E-state index in [1.165, 1.54) is 0 Å². The minimum absolute atomic E-state index is 0.199. The fourth-order valence-corrected chi connectivity index (χ4v) is 2.85. The third-order valence-electron chi connectivity index (χ3n) is 4.17. The first-order valence-electron chi connectivity index (χ1n) is 8.28. The maximum absolute atomic E-state index is 12.1. The number of cyclic esters (lactones) is 1. The van der Waals surface area contributed by atoms with Gasteiger partial charge in [-0.1, -0.05) is 12.1 Å². The van der Waals surface area contributed by atoms with Gasteiger partial charge in [-0.25, -0.2) is 9.79 Å². The predicted octanol–water partition coefficient (Wildman–Crippen LogP) is 2.97. The molecule has 2 aliphatic rings. The van der Waals surface area contributed by atoms with Crippen LogP contribution in [0.5, 0.6) is 23.0 Å². The first kappa shape index (κ1) is 17.0. The maximum atomic E-state index is 12.1. The van der Waals surface area contributed by atoms with E-state index in [0.717, 1.165) is 11.1 Å². The van der Waals surface area contributed by atoms with Crippen molar-refractivity contribution in [3.05, 3.63) is 53.2 Å². The molecule has 0 saturated heterocycles. The summed E-state index contributed by atoms with van der Waals surface area (Å²) in [4.78, 5) is 16.4. The second kappa shape index (κ2) is 7.03. The Hall–Kier alpha value is -3.48. The summed E-state index contributed by atoms with van der Waals surface area (Å²) in [6, 6.07) is 10.9. The molecule has 7 nitrogen and oxygen atoms in total. The second-order valence-corrected chi connectivity index (χ2v) is 5.90. The van der Waals surface area contributed by atoms with Crippen LogP contribution in [0.4, 0.5) is 0 Å². The summed E-state index contributed by atoms with van der Waals surface area (Å²) in [7, 11) is 3.15. The maximum Gasteiger partial charge on any atom is 0.363 e. The van der Waals surface area contributed by atoms with Crippen molar-refractivity contribution in [1.82, 2.24) is 0 Å². The zero-order valence-corrected chi connectivity index (χ0v) is 14.9. The van der Waals surface area contributed by atoms with Crippen molar-refractivity contribution in [1.29, 1.82) is 0 Å². The Morgan fingerprint density at radius 1 is 1.04 bits per heavy atom. The Kier molecular flexibility index (Phi) is 4.42. The molecule has 27 heavy (non-hydrogen) atoms. The highest BCUT2D eigenvalue weighted by Gasteiger charge is 2.24. The van der Waals surface area contributed by atoms with Crippen molar-refractivity contribution in [3.8, 4) is 23.0 Å². The molecule has 4 rings (SSSR count). The molecule has 0 spiro atoms. The molecule has 0 saturated carbocycles. The van der Waals surface area contributed by atoms with Gasteiger partial charge in [0.15, 0.2) is 28.7 Å². The lowest BCUT2D eigenvalue weighted by atomic mass is 10.1. The zero-order chi connectivity index (χ0) is 18.8. The van der Waals surface area contributed by atoms with Crippen LogP contribution < -0.4 is 18.9 Å². The van der Waals surface area contributed by atoms with Crippen LogP contribution >= 0.6 is 0 Å². The monoisotopic (exact) mass is 367 g/mol. The number of methoxy groups -OCH3 is 2. The summed E-state index contributed by atoms with van der Waals surface area (Å²) in [5.41, 5.74) is 1.91. The van der Waals surface area contributed by atoms with Gasteiger partial charge in [0, 0.05) is 6.42 Å². The van der Waals surface area contributed by atoms with Crippen molar-refractivity contribution in [3.63, 3.8) is 0 Å². The SMILES string of the molecule is COc1ccc(CC2=N/C(=C/c3ccc4c(c3)OCO4)C(=O)O2)cc1OC. The molecule has 0 aliphatic carbocycles. The van der Waals surface area contributed by atoms with Crippen LogP contribution in [0.2, 0.25) is 0 Å². The van der Waals surface area contributed by atoms with Gasteiger partial charge >= 0.3 is 5.97 Å². The van der Waals surface area contributed by atoms with E-state index in [9.17, 15) is 4.79 Å². The van der Waals surface area contributed by atoms with Crippen LogP contribution in [0.1, 0.15) is 11.1 Å². The summed E-state index contributed by atoms with van der Waals surface area (Å²) in [6.45, 7) is 0.199. The zero-order valence-electron chi connectivity index (χ0n) is 14.9. The fourth-order valence-electron chi connectivity index (χ4n) is 2.85. The van der Waals surface area contributed by atoms with E-state index in [-0.39, 0.29) is 12.5 Å². The molecule has 0 aromatic heterocycles. The number of hydrogen-bond donors (Lipinski definition) is 0. The van der Waals surface area contributed by atoms with Gasteiger partial charge in [-0.2, -0.15) is 0 Å². The molecule has 0 N–H and O–H groups in total. The molecule has 0 amide bonds. The Balaban J connectivity index is 1.54. The van der Waals surface area contributed by atoms with Gasteiger partial charge in [0.1, 0.15) is 0 Å². The second-order valence-electron chi connectivity index (χ2n) is 5.90. The van der Waals surface area contributed by atoms with E-state index in [1.807, 2.05) is 18.2 Å². The Bertz CT molecular complexity index is 963. The minimum atomic E-state index is -0.483. The van der Waals surface area contributed by atoms with Crippen LogP contribution in [0, 0.1) is 0 Å². The standard InChI is InChI=1S/C20H17NO6/c1-23-15-5-3-13(8-17(15)24-2)10-19-21-14(20(22)27-19)7-12-4-6-16-18(9-12)26-11-25-16/h3-9H,10-11H2,1-2H3/b14-7+. The largest absolute Gasteiger partial charge is 0.493 e. The number of nitrogens with zero attached hydrogens (tertiary/aromatic N) is 1. The predicted molar refractivity (Wildman–Crippen MR) is 97.3 cm³/mol. The molecule has 2 aromatic rings. The van der Waals surface area contributed by atoms with Crippen molar-refractivity contribution < 1.29 is 28.5 Å². The van der Waals surface area contributed by atoms with Crippen LogP contribution in [-0.2, 0) is 16.0 Å². The third-order valence-corrected chi connectivity index (χ3v) is 4.17. The highest BCUT2D eigenvalue weighted by Crippen LogP contribution is 2.33. The number of benzene rings is 2. The number of aliphatic imine (C=N–C) groups is 1. The molecule has 138 valence electrons. The lowest BCUT2D eigenvalue weighted by Crippen LogP contribution is -2.07. The molecule has 0 fully saturated rings. The molecule has 0 unspecified atom stereocenters. The fraction of sp³-hybridized carbons (Fsp3) is 0.200. The quantitative estimate of drug-likeness (QED) is 0.597. The molecule has 0 atom stereocenters. The van der Waals surface area contributed by atoms with Crippen LogP contribution in [0.3, 0.4) is 0 Å². The normalized spacial score (nSPS) is 16.3. The molecular weight excluding hydrogens is 350 g/mol. The van der Waals surface area contributed by atoms with E-state index < -0.39 is 5.97 Å². The number of rotatable bonds is 5. The van der Waals surface area contributed by atoms with Crippen molar-refractivity contribution >= 4 is 17.9 Å². The van der Waals surface area contributed by atoms with Crippen molar-refractivity contribution in [2.75, 3.05) is 21.0 Å². The molecule has 0 radical (unpaired) electrons. The van der Waals surface area contributed by atoms with Gasteiger partial charge in [0.25, 0.3) is 0 Å². The lowest BCUT2D eigenvalue weighted by molar-refractivity contribution is -0.130. The molecule has 0 bridgehead atoms. The highest BCUT2D eigenvalue weighted by molar-refractivity contribution is 6.07. The van der Waals surface area contributed by atoms with Crippen LogP contribution in [0.15, 0.2) is 47.1 Å². The van der Waals surface area contributed by atoms with Gasteiger partial charge in [-0.15, -0.1) is 0 Å². The van der Waals surface area contributed by atoms with E-state index in [4.69, 9.17) is 23.7 Å². The number of carbonyl (C=O) groups excluding carboxylic acids is 1. The van der Waals surface area contributed by atoms with Crippen LogP contribution in [-0.4, -0.2) is 32.9 Å². The lowest BCUT2D eigenvalue weighted by Gasteiger charge is -2.09. The van der Waals surface area contributed by atoms with Crippen LogP contribution in [0.25, 0.3) is 6.08 Å². The topological polar surface area (TPSA) is 75.6 Å². The van der Waals surface area contributed by atoms with Crippen molar-refractivity contribution in [2.45, 2.75) is 6.42 Å². The highest BCUT2D eigenvalue weighted by atomic mass is 16.7. The smallest absolute Gasteiger partial charge is 0.363 e. The Morgan fingerprint density at radius 2 is 1.85 bits per heavy atom. The molecule has 2 heterocycles. The molecule has 2 aliphatic heterocycles. The van der Waals surface area contributed by atoms with Gasteiger partial charge in [0.2, 0.25) is 12.7 Å². The summed E-state index contributed by atoms with van der Waals surface area (Å²) in [5.74, 6) is 2.42. The van der Waals surface area contributed by atoms with Gasteiger partial charge < -0.3 is 23.7 Å². The number of esters is 1. The van der Waals surface area contributed by atoms with Gasteiger partial charge in [-0.3, -0.25) is 0 Å².